The molecule has 2 rings (SSSR count). The zero-order chi connectivity index (χ0) is 13.7. The summed E-state index contributed by atoms with van der Waals surface area (Å²) in [7, 11) is 0. The first-order valence-corrected chi connectivity index (χ1v) is 7.36. The van der Waals surface area contributed by atoms with Gasteiger partial charge in [-0.2, -0.15) is 0 Å². The number of benzene rings is 1. The third-order valence-electron chi connectivity index (χ3n) is 3.31. The van der Waals surface area contributed by atoms with E-state index in [9.17, 15) is 4.39 Å². The van der Waals surface area contributed by atoms with E-state index in [0.29, 0.717) is 6.61 Å². The van der Waals surface area contributed by atoms with E-state index in [1.807, 2.05) is 6.07 Å². The van der Waals surface area contributed by atoms with Crippen molar-refractivity contribution in [3.05, 3.63) is 34.1 Å². The highest BCUT2D eigenvalue weighted by molar-refractivity contribution is 9.10. The second kappa shape index (κ2) is 7.33. The highest BCUT2D eigenvalue weighted by Gasteiger charge is 2.19. The minimum Gasteiger partial charge on any atom is -0.394 e. The van der Waals surface area contributed by atoms with Crippen LogP contribution < -0.4 is 0 Å². The van der Waals surface area contributed by atoms with Crippen LogP contribution in [0.25, 0.3) is 0 Å². The van der Waals surface area contributed by atoms with E-state index in [1.54, 1.807) is 6.07 Å². The fourth-order valence-electron chi connectivity index (χ4n) is 2.41. The van der Waals surface area contributed by atoms with Crippen molar-refractivity contribution in [3.63, 3.8) is 0 Å². The summed E-state index contributed by atoms with van der Waals surface area (Å²) in [5, 5.41) is 8.72. The summed E-state index contributed by atoms with van der Waals surface area (Å²) in [5.41, 5.74) is 0.988. The Labute approximate surface area is 121 Å². The highest BCUT2D eigenvalue weighted by atomic mass is 79.9. The van der Waals surface area contributed by atoms with Gasteiger partial charge in [0.15, 0.2) is 0 Å². The summed E-state index contributed by atoms with van der Waals surface area (Å²) in [4.78, 5) is 2.31. The third kappa shape index (κ3) is 4.84. The van der Waals surface area contributed by atoms with Gasteiger partial charge in [-0.3, -0.25) is 4.90 Å². The summed E-state index contributed by atoms with van der Waals surface area (Å²) in [6.45, 7) is 3.16. The predicted molar refractivity (Wildman–Crippen MR) is 75.4 cm³/mol. The van der Waals surface area contributed by atoms with Crippen LogP contribution >= 0.6 is 15.9 Å². The van der Waals surface area contributed by atoms with Gasteiger partial charge in [0.25, 0.3) is 0 Å². The van der Waals surface area contributed by atoms with Crippen LogP contribution in [0.1, 0.15) is 18.4 Å². The van der Waals surface area contributed by atoms with E-state index >= 15 is 0 Å². The Bertz CT molecular complexity index is 388. The van der Waals surface area contributed by atoms with Crippen molar-refractivity contribution in [2.24, 2.45) is 0 Å². The number of hydrogen-bond acceptors (Lipinski definition) is 3. The van der Waals surface area contributed by atoms with Gasteiger partial charge in [-0.15, -0.1) is 0 Å². The Balaban J connectivity index is 1.82. The van der Waals surface area contributed by atoms with Gasteiger partial charge in [0, 0.05) is 24.1 Å². The largest absolute Gasteiger partial charge is 0.394 e. The fraction of sp³-hybridized carbons (Fsp3) is 0.571. The topological polar surface area (TPSA) is 32.7 Å². The molecule has 1 saturated heterocycles. The van der Waals surface area contributed by atoms with Gasteiger partial charge in [0.2, 0.25) is 0 Å². The summed E-state index contributed by atoms with van der Waals surface area (Å²) >= 11 is 3.31. The zero-order valence-corrected chi connectivity index (χ0v) is 12.4. The van der Waals surface area contributed by atoms with Crippen molar-refractivity contribution in [1.82, 2.24) is 4.90 Å². The number of piperidine rings is 1. The smallest absolute Gasteiger partial charge is 0.124 e. The van der Waals surface area contributed by atoms with Crippen LogP contribution in [0, 0.1) is 5.82 Å². The van der Waals surface area contributed by atoms with Gasteiger partial charge in [-0.1, -0.05) is 15.9 Å². The Morgan fingerprint density at radius 2 is 2.05 bits per heavy atom. The molecule has 1 aromatic carbocycles. The van der Waals surface area contributed by atoms with Crippen molar-refractivity contribution >= 4 is 15.9 Å². The molecule has 0 spiro atoms. The number of halogens is 2. The van der Waals surface area contributed by atoms with Gasteiger partial charge in [-0.25, -0.2) is 4.39 Å². The molecule has 106 valence electrons. The molecule has 0 aliphatic carbocycles. The van der Waals surface area contributed by atoms with Crippen molar-refractivity contribution in [2.75, 3.05) is 26.3 Å². The van der Waals surface area contributed by atoms with Crippen molar-refractivity contribution < 1.29 is 14.2 Å². The number of rotatable bonds is 5. The second-order valence-corrected chi connectivity index (χ2v) is 5.76. The fourth-order valence-corrected chi connectivity index (χ4v) is 2.93. The number of likely N-dealkylation sites (tertiary alicyclic amines) is 1. The lowest BCUT2D eigenvalue weighted by Gasteiger charge is -2.31. The number of ether oxygens (including phenoxy) is 1. The predicted octanol–water partition coefficient (Wildman–Crippen LogP) is 2.56. The van der Waals surface area contributed by atoms with Crippen LogP contribution in [0.4, 0.5) is 4.39 Å². The molecule has 0 radical (unpaired) electrons. The average molecular weight is 332 g/mol. The van der Waals surface area contributed by atoms with E-state index in [-0.39, 0.29) is 18.5 Å². The van der Waals surface area contributed by atoms with Gasteiger partial charge < -0.3 is 9.84 Å². The first-order valence-electron chi connectivity index (χ1n) is 6.57. The van der Waals surface area contributed by atoms with Crippen molar-refractivity contribution in [1.29, 1.82) is 0 Å². The molecular weight excluding hydrogens is 313 g/mol. The maximum Gasteiger partial charge on any atom is 0.124 e. The Kier molecular flexibility index (Phi) is 5.76. The Morgan fingerprint density at radius 3 is 2.68 bits per heavy atom. The molecule has 3 nitrogen and oxygen atoms in total. The Morgan fingerprint density at radius 1 is 1.32 bits per heavy atom. The molecule has 0 bridgehead atoms. The maximum atomic E-state index is 13.3. The molecule has 5 heteroatoms. The molecule has 0 atom stereocenters. The molecule has 1 aliphatic rings. The molecule has 0 unspecified atom stereocenters. The molecule has 1 heterocycles. The lowest BCUT2D eigenvalue weighted by atomic mass is 10.1. The summed E-state index contributed by atoms with van der Waals surface area (Å²) in [6.07, 6.45) is 2.19. The van der Waals surface area contributed by atoms with Gasteiger partial charge in [0.05, 0.1) is 19.3 Å². The molecule has 0 amide bonds. The zero-order valence-electron chi connectivity index (χ0n) is 10.8. The molecule has 1 fully saturated rings. The standard InChI is InChI=1S/C14H19BrFNO2/c15-12-7-11(8-13(16)9-12)10-17-3-1-14(2-4-17)19-6-5-18/h7-9,14,18H,1-6,10H2. The summed E-state index contributed by atoms with van der Waals surface area (Å²) in [6, 6.07) is 5.01. The van der Waals surface area contributed by atoms with Crippen LogP contribution in [0.15, 0.2) is 22.7 Å². The number of aliphatic hydroxyl groups is 1. The van der Waals surface area contributed by atoms with E-state index in [2.05, 4.69) is 20.8 Å². The monoisotopic (exact) mass is 331 g/mol. The van der Waals surface area contributed by atoms with Crippen molar-refractivity contribution in [2.45, 2.75) is 25.5 Å². The lowest BCUT2D eigenvalue weighted by molar-refractivity contribution is -0.00902. The number of hydrogen-bond donors (Lipinski definition) is 1. The minimum atomic E-state index is -0.203. The molecular formula is C14H19BrFNO2. The SMILES string of the molecule is OCCOC1CCN(Cc2cc(F)cc(Br)c2)CC1. The van der Waals surface area contributed by atoms with Crippen LogP contribution in [-0.4, -0.2) is 42.4 Å². The third-order valence-corrected chi connectivity index (χ3v) is 3.77. The Hall–Kier alpha value is -0.490. The molecule has 19 heavy (non-hydrogen) atoms. The molecule has 1 aliphatic heterocycles. The average Bonchev–Trinajstić information content (AvgIpc) is 2.37. The molecule has 0 saturated carbocycles. The highest BCUT2D eigenvalue weighted by Crippen LogP contribution is 2.19. The van der Waals surface area contributed by atoms with E-state index in [4.69, 9.17) is 9.84 Å². The number of aliphatic hydroxyl groups excluding tert-OH is 1. The molecule has 0 aromatic heterocycles. The van der Waals surface area contributed by atoms with Crippen LogP contribution in [0.3, 0.4) is 0 Å². The normalized spacial score (nSPS) is 17.8. The molecule has 1 N–H and O–H groups in total. The minimum absolute atomic E-state index is 0.0809. The van der Waals surface area contributed by atoms with E-state index in [0.717, 1.165) is 42.5 Å². The van der Waals surface area contributed by atoms with Crippen LogP contribution in [0.2, 0.25) is 0 Å². The van der Waals surface area contributed by atoms with Crippen LogP contribution in [0.5, 0.6) is 0 Å². The van der Waals surface area contributed by atoms with Gasteiger partial charge in [-0.05, 0) is 36.6 Å². The van der Waals surface area contributed by atoms with E-state index in [1.165, 1.54) is 6.07 Å². The van der Waals surface area contributed by atoms with Gasteiger partial charge >= 0.3 is 0 Å². The summed E-state index contributed by atoms with van der Waals surface area (Å²) in [5.74, 6) is -0.203. The first kappa shape index (κ1) is 14.9. The van der Waals surface area contributed by atoms with Gasteiger partial charge in [0.1, 0.15) is 5.82 Å². The quantitative estimate of drug-likeness (QED) is 0.900. The lowest BCUT2D eigenvalue weighted by Crippen LogP contribution is -2.36. The second-order valence-electron chi connectivity index (χ2n) is 4.85. The van der Waals surface area contributed by atoms with Crippen LogP contribution in [-0.2, 0) is 11.3 Å². The maximum absolute atomic E-state index is 13.3. The van der Waals surface area contributed by atoms with E-state index < -0.39 is 0 Å². The summed E-state index contributed by atoms with van der Waals surface area (Å²) < 4.78 is 19.6. The molecule has 1 aromatic rings. The first-order chi connectivity index (χ1) is 9.17. The van der Waals surface area contributed by atoms with Crippen molar-refractivity contribution in [3.8, 4) is 0 Å². The number of nitrogens with zero attached hydrogens (tertiary/aromatic N) is 1.